The quantitative estimate of drug-likeness (QED) is 0.700. The molecular weight excluding hydrogens is 178 g/mol. The van der Waals surface area contributed by atoms with Crippen LogP contribution in [0, 0.1) is 6.92 Å². The molecule has 0 aromatic carbocycles. The Morgan fingerprint density at radius 1 is 1.57 bits per heavy atom. The Morgan fingerprint density at radius 2 is 2.36 bits per heavy atom. The molecule has 1 fully saturated rings. The summed E-state index contributed by atoms with van der Waals surface area (Å²) in [6.45, 7) is 3.73. The fourth-order valence-electron chi connectivity index (χ4n) is 1.51. The molecule has 1 saturated heterocycles. The van der Waals surface area contributed by atoms with Gasteiger partial charge in [-0.1, -0.05) is 6.07 Å². The van der Waals surface area contributed by atoms with Gasteiger partial charge in [-0.2, -0.15) is 0 Å². The topological polar surface area (TPSA) is 45.2 Å². The Hall–Kier alpha value is -1.58. The van der Waals surface area contributed by atoms with E-state index in [2.05, 4.69) is 15.2 Å². The van der Waals surface area contributed by atoms with E-state index >= 15 is 0 Å². The Labute approximate surface area is 82.9 Å². The van der Waals surface area contributed by atoms with Crippen LogP contribution in [0.1, 0.15) is 5.56 Å². The first kappa shape index (κ1) is 8.99. The molecule has 4 nitrogen and oxygen atoms in total. The van der Waals surface area contributed by atoms with Gasteiger partial charge in [0, 0.05) is 19.3 Å². The predicted octanol–water partition coefficient (Wildman–Crippen LogP) is 0.325. The normalized spacial score (nSPS) is 16.2. The van der Waals surface area contributed by atoms with E-state index in [9.17, 15) is 4.79 Å². The summed E-state index contributed by atoms with van der Waals surface area (Å²) in [7, 11) is 0. The molecule has 2 rings (SSSR count). The second-order valence-corrected chi connectivity index (χ2v) is 3.58. The van der Waals surface area contributed by atoms with Crippen molar-refractivity contribution in [3.8, 4) is 0 Å². The summed E-state index contributed by atoms with van der Waals surface area (Å²) in [5.41, 5.74) is 1.16. The smallest absolute Gasteiger partial charge is 0.207 e. The summed E-state index contributed by atoms with van der Waals surface area (Å²) >= 11 is 0. The Bertz CT molecular complexity index is 317. The van der Waals surface area contributed by atoms with Crippen molar-refractivity contribution >= 4 is 12.2 Å². The lowest BCUT2D eigenvalue weighted by Crippen LogP contribution is -2.58. The number of nitrogens with one attached hydrogen (secondary N) is 1. The van der Waals surface area contributed by atoms with Crippen LogP contribution in [0.15, 0.2) is 18.3 Å². The molecule has 2 heterocycles. The van der Waals surface area contributed by atoms with Crippen LogP contribution < -0.4 is 10.2 Å². The zero-order valence-electron chi connectivity index (χ0n) is 8.10. The number of rotatable bonds is 3. The van der Waals surface area contributed by atoms with Crippen molar-refractivity contribution < 1.29 is 4.79 Å². The van der Waals surface area contributed by atoms with Crippen molar-refractivity contribution in [1.82, 2.24) is 10.3 Å². The highest BCUT2D eigenvalue weighted by Gasteiger charge is 2.26. The first-order chi connectivity index (χ1) is 6.79. The van der Waals surface area contributed by atoms with E-state index in [0.29, 0.717) is 0 Å². The van der Waals surface area contributed by atoms with Crippen LogP contribution in [-0.4, -0.2) is 30.5 Å². The van der Waals surface area contributed by atoms with Gasteiger partial charge in [-0.25, -0.2) is 4.98 Å². The van der Waals surface area contributed by atoms with Crippen LogP contribution in [0.3, 0.4) is 0 Å². The molecule has 4 heteroatoms. The number of amides is 1. The molecule has 1 aliphatic heterocycles. The maximum Gasteiger partial charge on any atom is 0.207 e. The largest absolute Gasteiger partial charge is 0.352 e. The average Bonchev–Trinajstić information content (AvgIpc) is 2.13. The fourth-order valence-corrected chi connectivity index (χ4v) is 1.51. The lowest BCUT2D eigenvalue weighted by molar-refractivity contribution is -0.110. The average molecular weight is 191 g/mol. The van der Waals surface area contributed by atoms with E-state index in [1.165, 1.54) is 0 Å². The number of carbonyl (C=O) groups is 1. The van der Waals surface area contributed by atoms with Crippen LogP contribution in [0.5, 0.6) is 0 Å². The maximum atomic E-state index is 10.2. The summed E-state index contributed by atoms with van der Waals surface area (Å²) in [5, 5.41) is 2.74. The zero-order chi connectivity index (χ0) is 9.97. The van der Waals surface area contributed by atoms with Gasteiger partial charge < -0.3 is 10.2 Å². The second-order valence-electron chi connectivity index (χ2n) is 3.58. The van der Waals surface area contributed by atoms with E-state index in [1.807, 2.05) is 25.3 Å². The minimum Gasteiger partial charge on any atom is -0.352 e. The third-order valence-electron chi connectivity index (χ3n) is 2.41. The number of aromatic nitrogens is 1. The fraction of sp³-hybridized carbons (Fsp3) is 0.400. The number of nitrogens with zero attached hydrogens (tertiary/aromatic N) is 2. The van der Waals surface area contributed by atoms with E-state index < -0.39 is 0 Å². The molecule has 0 saturated carbocycles. The van der Waals surface area contributed by atoms with Gasteiger partial charge in [0.25, 0.3) is 0 Å². The van der Waals surface area contributed by atoms with Gasteiger partial charge in [0.2, 0.25) is 6.41 Å². The molecule has 0 aliphatic carbocycles. The highest BCUT2D eigenvalue weighted by molar-refractivity contribution is 5.50. The lowest BCUT2D eigenvalue weighted by atomic mass is 10.1. The zero-order valence-corrected chi connectivity index (χ0v) is 8.10. The van der Waals surface area contributed by atoms with E-state index in [1.54, 1.807) is 0 Å². The highest BCUT2D eigenvalue weighted by Crippen LogP contribution is 2.17. The molecule has 1 aromatic rings. The van der Waals surface area contributed by atoms with Crippen LogP contribution in [0.2, 0.25) is 0 Å². The van der Waals surface area contributed by atoms with Gasteiger partial charge in [0.15, 0.2) is 0 Å². The monoisotopic (exact) mass is 191 g/mol. The van der Waals surface area contributed by atoms with Crippen LogP contribution in [0.25, 0.3) is 0 Å². The molecule has 74 valence electrons. The number of anilines is 1. The third kappa shape index (κ3) is 1.69. The van der Waals surface area contributed by atoms with Gasteiger partial charge in [-0.3, -0.25) is 4.79 Å². The SMILES string of the molecule is Cc1ccc(N2CC(NC=O)C2)nc1. The number of hydrogen-bond acceptors (Lipinski definition) is 3. The number of pyridine rings is 1. The molecule has 0 atom stereocenters. The molecule has 1 N–H and O–H groups in total. The lowest BCUT2D eigenvalue weighted by Gasteiger charge is -2.39. The first-order valence-corrected chi connectivity index (χ1v) is 4.67. The van der Waals surface area contributed by atoms with Gasteiger partial charge in [-0.15, -0.1) is 0 Å². The molecule has 0 unspecified atom stereocenters. The predicted molar refractivity (Wildman–Crippen MR) is 54.2 cm³/mol. The summed E-state index contributed by atoms with van der Waals surface area (Å²) in [5.74, 6) is 0.986. The molecule has 1 aromatic heterocycles. The van der Waals surface area contributed by atoms with E-state index in [-0.39, 0.29) is 6.04 Å². The molecule has 0 radical (unpaired) electrons. The van der Waals surface area contributed by atoms with Crippen molar-refractivity contribution in [2.45, 2.75) is 13.0 Å². The summed E-state index contributed by atoms with van der Waals surface area (Å²) in [4.78, 5) is 16.6. The Balaban J connectivity index is 1.93. The van der Waals surface area contributed by atoms with Crippen molar-refractivity contribution in [3.05, 3.63) is 23.9 Å². The minimum atomic E-state index is 0.288. The molecule has 0 bridgehead atoms. The van der Waals surface area contributed by atoms with Gasteiger partial charge in [-0.05, 0) is 18.6 Å². The summed E-state index contributed by atoms with van der Waals surface area (Å²) in [6.07, 6.45) is 2.61. The minimum absolute atomic E-state index is 0.288. The molecule has 14 heavy (non-hydrogen) atoms. The van der Waals surface area contributed by atoms with E-state index in [0.717, 1.165) is 30.9 Å². The molecular formula is C10H13N3O. The summed E-state index contributed by atoms with van der Waals surface area (Å²) < 4.78 is 0. The van der Waals surface area contributed by atoms with Gasteiger partial charge in [0.05, 0.1) is 6.04 Å². The van der Waals surface area contributed by atoms with Crippen molar-refractivity contribution in [3.63, 3.8) is 0 Å². The number of hydrogen-bond donors (Lipinski definition) is 1. The summed E-state index contributed by atoms with van der Waals surface area (Å²) in [6, 6.07) is 4.34. The van der Waals surface area contributed by atoms with Crippen LogP contribution in [-0.2, 0) is 4.79 Å². The Morgan fingerprint density at radius 3 is 2.93 bits per heavy atom. The van der Waals surface area contributed by atoms with Crippen molar-refractivity contribution in [1.29, 1.82) is 0 Å². The third-order valence-corrected chi connectivity index (χ3v) is 2.41. The van der Waals surface area contributed by atoms with Gasteiger partial charge in [0.1, 0.15) is 5.82 Å². The molecule has 1 amide bonds. The van der Waals surface area contributed by atoms with E-state index in [4.69, 9.17) is 0 Å². The number of carbonyl (C=O) groups excluding carboxylic acids is 1. The van der Waals surface area contributed by atoms with Crippen LogP contribution in [0.4, 0.5) is 5.82 Å². The molecule has 1 aliphatic rings. The van der Waals surface area contributed by atoms with Crippen molar-refractivity contribution in [2.24, 2.45) is 0 Å². The number of aryl methyl sites for hydroxylation is 1. The van der Waals surface area contributed by atoms with Gasteiger partial charge >= 0.3 is 0 Å². The Kier molecular flexibility index (Phi) is 2.35. The second kappa shape index (κ2) is 3.65. The van der Waals surface area contributed by atoms with Crippen LogP contribution >= 0.6 is 0 Å². The molecule has 0 spiro atoms. The standard InChI is InChI=1S/C10H13N3O/c1-8-2-3-10(11-4-8)13-5-9(6-13)12-7-14/h2-4,7,9H,5-6H2,1H3,(H,12,14). The van der Waals surface area contributed by atoms with Crippen molar-refractivity contribution in [2.75, 3.05) is 18.0 Å². The first-order valence-electron chi connectivity index (χ1n) is 4.67. The highest BCUT2D eigenvalue weighted by atomic mass is 16.1. The maximum absolute atomic E-state index is 10.2.